The molecule has 1 nitrogen and oxygen atoms in total. The van der Waals surface area contributed by atoms with Crippen molar-refractivity contribution in [1.82, 2.24) is 0 Å². The summed E-state index contributed by atoms with van der Waals surface area (Å²) in [4.78, 5) is 0. The molecule has 0 aromatic heterocycles. The van der Waals surface area contributed by atoms with Crippen molar-refractivity contribution in [2.45, 2.75) is 34.1 Å². The number of ether oxygens (including phenoxy) is 1. The second kappa shape index (κ2) is 4.37. The Bertz CT molecular complexity index is 123. The quantitative estimate of drug-likeness (QED) is 0.550. The molecule has 0 saturated heterocycles. The van der Waals surface area contributed by atoms with Crippen LogP contribution in [-0.2, 0) is 4.74 Å². The number of methoxy groups -OCH3 is 1. The largest absolute Gasteiger partial charge is 0.501 e. The maximum absolute atomic E-state index is 5.24. The van der Waals surface area contributed by atoms with Gasteiger partial charge in [-0.3, -0.25) is 0 Å². The van der Waals surface area contributed by atoms with Crippen molar-refractivity contribution in [3.63, 3.8) is 0 Å². The summed E-state index contributed by atoms with van der Waals surface area (Å²) < 4.78 is 5.24. The lowest BCUT2D eigenvalue weighted by Crippen LogP contribution is -1.99. The highest BCUT2D eigenvalue weighted by Crippen LogP contribution is 2.16. The Hall–Kier alpha value is -0.460. The average molecular weight is 142 g/mol. The lowest BCUT2D eigenvalue weighted by Gasteiger charge is -2.12. The second-order valence-electron chi connectivity index (χ2n) is 2.86. The molecule has 0 aliphatic heterocycles. The molecule has 0 saturated carbocycles. The molecule has 0 aromatic rings. The van der Waals surface area contributed by atoms with Gasteiger partial charge in [-0.1, -0.05) is 20.8 Å². The second-order valence-corrected chi connectivity index (χ2v) is 2.86. The van der Waals surface area contributed by atoms with Crippen molar-refractivity contribution < 1.29 is 4.74 Å². The Labute approximate surface area is 64.1 Å². The zero-order valence-electron chi connectivity index (χ0n) is 7.69. The van der Waals surface area contributed by atoms with Gasteiger partial charge in [-0.2, -0.15) is 0 Å². The zero-order chi connectivity index (χ0) is 8.15. The van der Waals surface area contributed by atoms with E-state index >= 15 is 0 Å². The summed E-state index contributed by atoms with van der Waals surface area (Å²) >= 11 is 0. The van der Waals surface area contributed by atoms with Gasteiger partial charge in [-0.15, -0.1) is 0 Å². The summed E-state index contributed by atoms with van der Waals surface area (Å²) in [7, 11) is 1.74. The van der Waals surface area contributed by atoms with Crippen LogP contribution in [0.3, 0.4) is 0 Å². The van der Waals surface area contributed by atoms with Crippen LogP contribution in [0, 0.1) is 5.92 Å². The van der Waals surface area contributed by atoms with Gasteiger partial charge in [0, 0.05) is 5.92 Å². The van der Waals surface area contributed by atoms with Crippen LogP contribution in [0.15, 0.2) is 11.3 Å². The molecule has 0 aromatic carbocycles. The van der Waals surface area contributed by atoms with Gasteiger partial charge in [-0.05, 0) is 18.9 Å². The van der Waals surface area contributed by atoms with E-state index in [1.807, 2.05) is 0 Å². The van der Waals surface area contributed by atoms with Gasteiger partial charge in [0.15, 0.2) is 0 Å². The third-order valence-corrected chi connectivity index (χ3v) is 1.70. The van der Waals surface area contributed by atoms with Gasteiger partial charge in [0.1, 0.15) is 0 Å². The molecule has 0 unspecified atom stereocenters. The van der Waals surface area contributed by atoms with Gasteiger partial charge in [0.05, 0.1) is 12.9 Å². The first-order valence-electron chi connectivity index (χ1n) is 3.87. The molecule has 0 amide bonds. The number of rotatable bonds is 3. The van der Waals surface area contributed by atoms with E-state index in [-0.39, 0.29) is 0 Å². The number of hydrogen-bond acceptors (Lipinski definition) is 1. The number of allylic oxidation sites excluding steroid dienone is 2. The Morgan fingerprint density at radius 1 is 1.40 bits per heavy atom. The summed E-state index contributed by atoms with van der Waals surface area (Å²) in [5.41, 5.74) is 1.36. The normalized spacial score (nSPS) is 13.4. The van der Waals surface area contributed by atoms with E-state index in [1.54, 1.807) is 7.11 Å². The Kier molecular flexibility index (Phi) is 4.17. The van der Waals surface area contributed by atoms with Crippen LogP contribution in [0.1, 0.15) is 34.1 Å². The van der Waals surface area contributed by atoms with Gasteiger partial charge in [0.25, 0.3) is 0 Å². The fraction of sp³-hybridized carbons (Fsp3) is 0.778. The predicted octanol–water partition coefficient (Wildman–Crippen LogP) is 2.97. The van der Waals surface area contributed by atoms with E-state index in [2.05, 4.69) is 27.7 Å². The molecule has 0 atom stereocenters. The molecular weight excluding hydrogens is 124 g/mol. The molecule has 0 N–H and O–H groups in total. The van der Waals surface area contributed by atoms with E-state index in [4.69, 9.17) is 4.74 Å². The monoisotopic (exact) mass is 142 g/mol. The molecule has 0 radical (unpaired) electrons. The standard InChI is InChI=1S/C9H18O/c1-6-8(4)9(10-5)7(2)3/h7H,6H2,1-5H3/b9-8-. The lowest BCUT2D eigenvalue weighted by atomic mass is 10.1. The van der Waals surface area contributed by atoms with Gasteiger partial charge in [-0.25, -0.2) is 0 Å². The summed E-state index contributed by atoms with van der Waals surface area (Å²) in [6, 6.07) is 0. The average Bonchev–Trinajstić information content (AvgIpc) is 1.88. The van der Waals surface area contributed by atoms with Crippen molar-refractivity contribution in [2.24, 2.45) is 5.92 Å². The van der Waals surface area contributed by atoms with Gasteiger partial charge >= 0.3 is 0 Å². The van der Waals surface area contributed by atoms with Crippen LogP contribution >= 0.6 is 0 Å². The Morgan fingerprint density at radius 2 is 1.90 bits per heavy atom. The topological polar surface area (TPSA) is 9.23 Å². The molecule has 0 spiro atoms. The summed E-state index contributed by atoms with van der Waals surface area (Å²) in [6.45, 7) is 8.57. The van der Waals surface area contributed by atoms with Gasteiger partial charge in [0.2, 0.25) is 0 Å². The fourth-order valence-corrected chi connectivity index (χ4v) is 1.08. The van der Waals surface area contributed by atoms with Crippen LogP contribution in [0.5, 0.6) is 0 Å². The molecule has 60 valence electrons. The third kappa shape index (κ3) is 2.42. The summed E-state index contributed by atoms with van der Waals surface area (Å²) in [5.74, 6) is 1.66. The molecule has 0 rings (SSSR count). The highest BCUT2D eigenvalue weighted by molar-refractivity contribution is 5.06. The Morgan fingerprint density at radius 3 is 2.00 bits per heavy atom. The maximum Gasteiger partial charge on any atom is 0.0969 e. The molecule has 1 heteroatoms. The minimum absolute atomic E-state index is 0.518. The van der Waals surface area contributed by atoms with Crippen LogP contribution in [0.25, 0.3) is 0 Å². The van der Waals surface area contributed by atoms with Crippen molar-refractivity contribution in [2.75, 3.05) is 7.11 Å². The van der Waals surface area contributed by atoms with E-state index in [0.717, 1.165) is 12.2 Å². The van der Waals surface area contributed by atoms with E-state index in [9.17, 15) is 0 Å². The van der Waals surface area contributed by atoms with E-state index < -0.39 is 0 Å². The van der Waals surface area contributed by atoms with Crippen molar-refractivity contribution in [3.8, 4) is 0 Å². The zero-order valence-corrected chi connectivity index (χ0v) is 7.69. The first kappa shape index (κ1) is 9.54. The maximum atomic E-state index is 5.24. The smallest absolute Gasteiger partial charge is 0.0969 e. The minimum atomic E-state index is 0.518. The predicted molar refractivity (Wildman–Crippen MR) is 44.8 cm³/mol. The lowest BCUT2D eigenvalue weighted by molar-refractivity contribution is 0.247. The molecular formula is C9H18O. The first-order chi connectivity index (χ1) is 4.63. The SMILES string of the molecule is CC/C(C)=C(\OC)C(C)C. The number of hydrogen-bond donors (Lipinski definition) is 0. The fourth-order valence-electron chi connectivity index (χ4n) is 1.08. The molecule has 0 bridgehead atoms. The minimum Gasteiger partial charge on any atom is -0.501 e. The highest BCUT2D eigenvalue weighted by Gasteiger charge is 2.04. The highest BCUT2D eigenvalue weighted by atomic mass is 16.5. The van der Waals surface area contributed by atoms with Crippen molar-refractivity contribution >= 4 is 0 Å². The molecule has 10 heavy (non-hydrogen) atoms. The van der Waals surface area contributed by atoms with Crippen molar-refractivity contribution in [1.29, 1.82) is 0 Å². The van der Waals surface area contributed by atoms with Crippen molar-refractivity contribution in [3.05, 3.63) is 11.3 Å². The van der Waals surface area contributed by atoms with E-state index in [0.29, 0.717) is 5.92 Å². The Balaban J connectivity index is 4.29. The van der Waals surface area contributed by atoms with Gasteiger partial charge < -0.3 is 4.74 Å². The van der Waals surface area contributed by atoms with Crippen LogP contribution in [-0.4, -0.2) is 7.11 Å². The molecule has 0 fully saturated rings. The molecule has 0 aliphatic rings. The summed E-state index contributed by atoms with van der Waals surface area (Å²) in [6.07, 6.45) is 1.08. The van der Waals surface area contributed by atoms with Crippen LogP contribution in [0.2, 0.25) is 0 Å². The van der Waals surface area contributed by atoms with Crippen LogP contribution < -0.4 is 0 Å². The molecule has 0 heterocycles. The first-order valence-corrected chi connectivity index (χ1v) is 3.87. The van der Waals surface area contributed by atoms with Crippen LogP contribution in [0.4, 0.5) is 0 Å². The molecule has 0 aliphatic carbocycles. The third-order valence-electron chi connectivity index (χ3n) is 1.70. The summed E-state index contributed by atoms with van der Waals surface area (Å²) in [5, 5.41) is 0. The van der Waals surface area contributed by atoms with E-state index in [1.165, 1.54) is 5.57 Å².